The van der Waals surface area contributed by atoms with E-state index < -0.39 is 67.8 Å². The molecular weight excluding hydrogens is 573 g/mol. The summed E-state index contributed by atoms with van der Waals surface area (Å²) >= 11 is 0. The first-order chi connectivity index (χ1) is 19.4. The fourth-order valence-corrected chi connectivity index (χ4v) is 7.47. The maximum atomic E-state index is 13.9. The number of amides is 3. The second kappa shape index (κ2) is 10.4. The Kier molecular flexibility index (Phi) is 7.59. The lowest BCUT2D eigenvalue weighted by Crippen LogP contribution is -2.58. The van der Waals surface area contributed by atoms with E-state index in [0.29, 0.717) is 32.1 Å². The van der Waals surface area contributed by atoms with Crippen LogP contribution in [-0.4, -0.2) is 60.5 Å². The Bertz CT molecular complexity index is 1380. The average molecular weight is 613 g/mol. The molecule has 0 radical (unpaired) electrons. The molecule has 1 heterocycles. The number of benzene rings is 1. The lowest BCUT2D eigenvalue weighted by atomic mass is 9.85. The Morgan fingerprint density at radius 2 is 1.71 bits per heavy atom. The molecule has 4 fully saturated rings. The van der Waals surface area contributed by atoms with E-state index in [1.807, 2.05) is 0 Å². The fourth-order valence-electron chi connectivity index (χ4n) is 6.10. The highest BCUT2D eigenvalue weighted by Crippen LogP contribution is 2.57. The van der Waals surface area contributed by atoms with Crippen molar-refractivity contribution in [2.45, 2.75) is 102 Å². The molecule has 42 heavy (non-hydrogen) atoms. The summed E-state index contributed by atoms with van der Waals surface area (Å²) in [6.45, 7) is 7.01. The summed E-state index contributed by atoms with van der Waals surface area (Å²) in [5.41, 5.74) is -2.65. The monoisotopic (exact) mass is 612 g/mol. The van der Waals surface area contributed by atoms with Crippen molar-refractivity contribution in [3.63, 3.8) is 0 Å². The molecule has 3 aliphatic carbocycles. The highest BCUT2D eigenvalue weighted by atomic mass is 32.2. The van der Waals surface area contributed by atoms with Crippen LogP contribution in [-0.2, 0) is 30.6 Å². The first-order valence-corrected chi connectivity index (χ1v) is 16.1. The molecule has 4 aliphatic rings. The van der Waals surface area contributed by atoms with E-state index >= 15 is 0 Å². The van der Waals surface area contributed by atoms with Crippen LogP contribution in [0.15, 0.2) is 18.2 Å². The lowest BCUT2D eigenvalue weighted by Gasteiger charge is -2.36. The number of sulfonamides is 1. The Labute approximate surface area is 244 Å². The van der Waals surface area contributed by atoms with Gasteiger partial charge in [0.15, 0.2) is 0 Å². The maximum absolute atomic E-state index is 13.9. The van der Waals surface area contributed by atoms with Gasteiger partial charge in [0.25, 0.3) is 5.91 Å². The van der Waals surface area contributed by atoms with E-state index in [1.54, 1.807) is 20.8 Å². The topological polar surface area (TPSA) is 125 Å². The maximum Gasteiger partial charge on any atom is 0.416 e. The number of anilines is 1. The summed E-state index contributed by atoms with van der Waals surface area (Å²) in [5.74, 6) is -1.59. The van der Waals surface area contributed by atoms with Crippen molar-refractivity contribution in [1.82, 2.24) is 14.9 Å². The third-order valence-electron chi connectivity index (χ3n) is 8.96. The lowest BCUT2D eigenvalue weighted by molar-refractivity contribution is -0.141. The minimum atomic E-state index is -4.55. The SMILES string of the molecule is Cc1ccc(NC(C(=O)N2CCCC2C(=O)NC2(C(=O)NS(=O)(=O)C3CC3)CC2C2CC2)C(C)(C)C)cc1C(F)(F)F. The highest BCUT2D eigenvalue weighted by Gasteiger charge is 2.66. The smallest absolute Gasteiger partial charge is 0.373 e. The Morgan fingerprint density at radius 1 is 1.05 bits per heavy atom. The first-order valence-electron chi connectivity index (χ1n) is 14.6. The molecule has 1 saturated heterocycles. The summed E-state index contributed by atoms with van der Waals surface area (Å²) in [6.07, 6.45) is -0.514. The molecule has 4 unspecified atom stereocenters. The van der Waals surface area contributed by atoms with Gasteiger partial charge in [-0.25, -0.2) is 8.42 Å². The van der Waals surface area contributed by atoms with Gasteiger partial charge in [-0.1, -0.05) is 26.8 Å². The molecule has 9 nitrogen and oxygen atoms in total. The number of likely N-dealkylation sites (tertiary alicyclic amines) is 1. The van der Waals surface area contributed by atoms with Crippen molar-refractivity contribution in [2.24, 2.45) is 17.3 Å². The molecule has 3 amide bonds. The summed E-state index contributed by atoms with van der Waals surface area (Å²) in [6, 6.07) is 1.99. The number of carbonyl (C=O) groups excluding carboxylic acids is 3. The van der Waals surface area contributed by atoms with Gasteiger partial charge in [0, 0.05) is 12.2 Å². The summed E-state index contributed by atoms with van der Waals surface area (Å²) in [7, 11) is -3.80. The zero-order valence-corrected chi connectivity index (χ0v) is 25.1. The van der Waals surface area contributed by atoms with Gasteiger partial charge in [-0.2, -0.15) is 13.2 Å². The standard InChI is InChI=1S/C29H39F3N4O5S/c1-16-7-10-18(14-20(16)29(30,31)32)33-23(27(2,3)4)25(38)36-13-5-6-22(36)24(37)34-28(15-21(28)17-8-9-17)26(39)35-42(40,41)19-11-12-19/h7,10,14,17,19,21-23,33H,5-6,8-9,11-13,15H2,1-4H3,(H,34,37)(H,35,39). The van der Waals surface area contributed by atoms with Crippen molar-refractivity contribution in [1.29, 1.82) is 0 Å². The summed E-state index contributed by atoms with van der Waals surface area (Å²) in [5, 5.41) is 5.26. The predicted octanol–water partition coefficient (Wildman–Crippen LogP) is 3.72. The van der Waals surface area contributed by atoms with Crippen LogP contribution in [0.3, 0.4) is 0 Å². The first kappa shape index (κ1) is 30.6. The Balaban J connectivity index is 1.33. The van der Waals surface area contributed by atoms with Crippen LogP contribution in [0.2, 0.25) is 0 Å². The van der Waals surface area contributed by atoms with Crippen LogP contribution >= 0.6 is 0 Å². The largest absolute Gasteiger partial charge is 0.416 e. The number of nitrogens with zero attached hydrogens (tertiary/aromatic N) is 1. The molecule has 13 heteroatoms. The van der Waals surface area contributed by atoms with Gasteiger partial charge in [0.05, 0.1) is 10.8 Å². The zero-order chi connectivity index (χ0) is 30.8. The molecular formula is C29H39F3N4O5S. The second-order valence-electron chi connectivity index (χ2n) is 13.4. The van der Waals surface area contributed by atoms with Crippen LogP contribution in [0.1, 0.15) is 76.8 Å². The molecule has 5 rings (SSSR count). The second-order valence-corrected chi connectivity index (χ2v) is 15.4. The summed E-state index contributed by atoms with van der Waals surface area (Å²) in [4.78, 5) is 42.3. The number of nitrogens with one attached hydrogen (secondary N) is 3. The molecule has 4 atom stereocenters. The molecule has 232 valence electrons. The number of alkyl halides is 3. The van der Waals surface area contributed by atoms with E-state index in [-0.39, 0.29) is 29.6 Å². The van der Waals surface area contributed by atoms with Crippen LogP contribution in [0.5, 0.6) is 0 Å². The normalized spacial score (nSPS) is 26.9. The van der Waals surface area contributed by atoms with E-state index in [4.69, 9.17) is 0 Å². The average Bonchev–Trinajstić information content (AvgIpc) is 3.74. The molecule has 0 bridgehead atoms. The third kappa shape index (κ3) is 6.12. The Morgan fingerprint density at radius 3 is 2.29 bits per heavy atom. The van der Waals surface area contributed by atoms with Gasteiger partial charge >= 0.3 is 6.18 Å². The zero-order valence-electron chi connectivity index (χ0n) is 24.3. The third-order valence-corrected chi connectivity index (χ3v) is 10.8. The molecule has 1 aromatic rings. The van der Waals surface area contributed by atoms with Crippen LogP contribution < -0.4 is 15.4 Å². The predicted molar refractivity (Wildman–Crippen MR) is 150 cm³/mol. The van der Waals surface area contributed by atoms with Crippen LogP contribution in [0, 0.1) is 24.2 Å². The van der Waals surface area contributed by atoms with Crippen LogP contribution in [0.4, 0.5) is 18.9 Å². The van der Waals surface area contributed by atoms with Crippen molar-refractivity contribution in [2.75, 3.05) is 11.9 Å². The van der Waals surface area contributed by atoms with E-state index in [9.17, 15) is 36.0 Å². The molecule has 0 spiro atoms. The van der Waals surface area contributed by atoms with Gasteiger partial charge in [0.1, 0.15) is 17.6 Å². The van der Waals surface area contributed by atoms with Crippen LogP contribution in [0.25, 0.3) is 0 Å². The number of halogens is 3. The Hall–Kier alpha value is -2.83. The van der Waals surface area contributed by atoms with Gasteiger partial charge < -0.3 is 15.5 Å². The minimum Gasteiger partial charge on any atom is -0.373 e. The van der Waals surface area contributed by atoms with Crippen molar-refractivity contribution < 1.29 is 36.0 Å². The molecule has 1 aromatic carbocycles. The molecule has 3 N–H and O–H groups in total. The molecule has 0 aromatic heterocycles. The fraction of sp³-hybridized carbons (Fsp3) is 0.690. The number of hydrogen-bond acceptors (Lipinski definition) is 6. The molecule has 1 aliphatic heterocycles. The number of carbonyl (C=O) groups is 3. The van der Waals surface area contributed by atoms with Crippen molar-refractivity contribution in [3.05, 3.63) is 29.3 Å². The number of rotatable bonds is 9. The van der Waals surface area contributed by atoms with E-state index in [0.717, 1.165) is 18.9 Å². The van der Waals surface area contributed by atoms with Gasteiger partial charge in [0.2, 0.25) is 21.8 Å². The van der Waals surface area contributed by atoms with Gasteiger partial charge in [-0.3, -0.25) is 19.1 Å². The summed E-state index contributed by atoms with van der Waals surface area (Å²) < 4.78 is 67.8. The quantitative estimate of drug-likeness (QED) is 0.391. The van der Waals surface area contributed by atoms with E-state index in [1.165, 1.54) is 24.0 Å². The highest BCUT2D eigenvalue weighted by molar-refractivity contribution is 7.91. The number of aryl methyl sites for hydroxylation is 1. The van der Waals surface area contributed by atoms with Crippen molar-refractivity contribution in [3.8, 4) is 0 Å². The minimum absolute atomic E-state index is 0.0652. The van der Waals surface area contributed by atoms with Gasteiger partial charge in [-0.05, 0) is 86.8 Å². The number of hydrogen-bond donors (Lipinski definition) is 3. The molecule has 3 saturated carbocycles. The van der Waals surface area contributed by atoms with Gasteiger partial charge in [-0.15, -0.1) is 0 Å². The van der Waals surface area contributed by atoms with Crippen molar-refractivity contribution >= 4 is 33.4 Å². The van der Waals surface area contributed by atoms with E-state index in [2.05, 4.69) is 15.4 Å².